The van der Waals surface area contributed by atoms with E-state index >= 15 is 0 Å². The van der Waals surface area contributed by atoms with Gasteiger partial charge in [-0.15, -0.1) is 46.6 Å². The summed E-state index contributed by atoms with van der Waals surface area (Å²) in [6, 6.07) is 0. The number of thioether (sulfide) groups is 1. The fourth-order valence-electron chi connectivity index (χ4n) is 3.79. The normalized spacial score (nSPS) is 40.6. The molecule has 23 heavy (non-hydrogen) atoms. The highest BCUT2D eigenvalue weighted by Crippen LogP contribution is 2.38. The average molecular weight is 402 g/mol. The van der Waals surface area contributed by atoms with Crippen LogP contribution >= 0.6 is 46.6 Å². The molecular formula is C16H27Cl3N2OS. The molecule has 1 aliphatic carbocycles. The fourth-order valence-corrected chi connectivity index (χ4v) is 6.32. The van der Waals surface area contributed by atoms with Crippen LogP contribution in [-0.4, -0.2) is 65.1 Å². The summed E-state index contributed by atoms with van der Waals surface area (Å²) in [7, 11) is 0. The van der Waals surface area contributed by atoms with Crippen molar-refractivity contribution in [3.05, 3.63) is 0 Å². The van der Waals surface area contributed by atoms with Crippen LogP contribution in [0.4, 0.5) is 0 Å². The summed E-state index contributed by atoms with van der Waals surface area (Å²) in [6.45, 7) is 4.83. The standard InChI is InChI=1S/C16H27Cl3N2OS/c17-12-1-2-13(14(18)7-12)15(8-21-5-4-20-10-21)22-9-11-3-6-23-16(11)19/h11-16,20H,1-10H2. The van der Waals surface area contributed by atoms with E-state index in [2.05, 4.69) is 10.2 Å². The molecule has 0 aromatic heterocycles. The third-order valence-corrected chi connectivity index (χ3v) is 8.08. The number of hydrogen-bond donors (Lipinski definition) is 1. The fraction of sp³-hybridized carbons (Fsp3) is 1.00. The maximum absolute atomic E-state index is 6.65. The van der Waals surface area contributed by atoms with Crippen molar-refractivity contribution in [3.63, 3.8) is 0 Å². The molecule has 2 aliphatic heterocycles. The lowest BCUT2D eigenvalue weighted by atomic mass is 9.84. The van der Waals surface area contributed by atoms with Crippen LogP contribution in [0.15, 0.2) is 0 Å². The van der Waals surface area contributed by atoms with Crippen LogP contribution in [0.2, 0.25) is 0 Å². The monoisotopic (exact) mass is 400 g/mol. The summed E-state index contributed by atoms with van der Waals surface area (Å²) in [5.41, 5.74) is 0. The first-order chi connectivity index (χ1) is 11.1. The molecule has 0 bridgehead atoms. The second-order valence-corrected chi connectivity index (χ2v) is 10.1. The molecule has 2 saturated heterocycles. The molecule has 6 unspecified atom stereocenters. The van der Waals surface area contributed by atoms with Crippen LogP contribution in [0.25, 0.3) is 0 Å². The van der Waals surface area contributed by atoms with Crippen molar-refractivity contribution in [3.8, 4) is 0 Å². The third-order valence-electron chi connectivity index (χ3n) is 5.28. The van der Waals surface area contributed by atoms with Gasteiger partial charge in [0.25, 0.3) is 0 Å². The molecule has 0 radical (unpaired) electrons. The number of alkyl halides is 3. The van der Waals surface area contributed by atoms with Crippen molar-refractivity contribution in [2.45, 2.75) is 47.3 Å². The largest absolute Gasteiger partial charge is 0.376 e. The quantitative estimate of drug-likeness (QED) is 0.688. The van der Waals surface area contributed by atoms with Crippen LogP contribution < -0.4 is 5.32 Å². The number of ether oxygens (including phenoxy) is 1. The molecule has 3 rings (SSSR count). The Balaban J connectivity index is 1.58. The number of halogens is 3. The van der Waals surface area contributed by atoms with Gasteiger partial charge in [-0.3, -0.25) is 4.90 Å². The van der Waals surface area contributed by atoms with Crippen molar-refractivity contribution in [2.75, 3.05) is 38.7 Å². The second kappa shape index (κ2) is 9.16. The van der Waals surface area contributed by atoms with Gasteiger partial charge in [0.05, 0.1) is 17.4 Å². The van der Waals surface area contributed by atoms with Gasteiger partial charge in [-0.1, -0.05) is 0 Å². The Labute approximate surface area is 159 Å². The van der Waals surface area contributed by atoms with E-state index in [0.717, 1.165) is 64.3 Å². The van der Waals surface area contributed by atoms with Crippen LogP contribution in [0, 0.1) is 11.8 Å². The van der Waals surface area contributed by atoms with Gasteiger partial charge >= 0.3 is 0 Å². The van der Waals surface area contributed by atoms with E-state index in [1.807, 2.05) is 11.8 Å². The molecule has 134 valence electrons. The minimum Gasteiger partial charge on any atom is -0.376 e. The summed E-state index contributed by atoms with van der Waals surface area (Å²) in [4.78, 5) is 2.43. The third kappa shape index (κ3) is 5.29. The summed E-state index contributed by atoms with van der Waals surface area (Å²) < 4.78 is 6.61. The highest BCUT2D eigenvalue weighted by Gasteiger charge is 2.37. The number of nitrogens with zero attached hydrogens (tertiary/aromatic N) is 1. The van der Waals surface area contributed by atoms with Crippen LogP contribution in [0.5, 0.6) is 0 Å². The van der Waals surface area contributed by atoms with Gasteiger partial charge in [-0.05, 0) is 31.4 Å². The van der Waals surface area contributed by atoms with Gasteiger partial charge in [0.15, 0.2) is 0 Å². The number of rotatable bonds is 6. The molecule has 0 aromatic carbocycles. The molecule has 6 atom stereocenters. The smallest absolute Gasteiger partial charge is 0.0839 e. The molecule has 1 N–H and O–H groups in total. The molecular weight excluding hydrogens is 375 g/mol. The predicted octanol–water partition coefficient (Wildman–Crippen LogP) is 3.57. The minimum atomic E-state index is 0.122. The molecule has 0 aromatic rings. The Morgan fingerprint density at radius 2 is 2.09 bits per heavy atom. The molecule has 0 spiro atoms. The Hall–Kier alpha value is 1.10. The van der Waals surface area contributed by atoms with Crippen LogP contribution in [0.1, 0.15) is 25.7 Å². The van der Waals surface area contributed by atoms with E-state index in [1.165, 1.54) is 0 Å². The first-order valence-corrected chi connectivity index (χ1v) is 11.1. The number of hydrogen-bond acceptors (Lipinski definition) is 4. The molecule has 3 fully saturated rings. The van der Waals surface area contributed by atoms with Crippen molar-refractivity contribution < 1.29 is 4.74 Å². The topological polar surface area (TPSA) is 24.5 Å². The molecule has 3 aliphatic rings. The average Bonchev–Trinajstić information content (AvgIpc) is 3.16. The molecule has 7 heteroatoms. The molecule has 0 amide bonds. The summed E-state index contributed by atoms with van der Waals surface area (Å²) in [6.07, 6.45) is 4.36. The maximum Gasteiger partial charge on any atom is 0.0839 e. The van der Waals surface area contributed by atoms with Gasteiger partial charge in [-0.25, -0.2) is 0 Å². The predicted molar refractivity (Wildman–Crippen MR) is 101 cm³/mol. The zero-order valence-electron chi connectivity index (χ0n) is 13.4. The van der Waals surface area contributed by atoms with Gasteiger partial charge in [-0.2, -0.15) is 0 Å². The van der Waals surface area contributed by atoms with Crippen molar-refractivity contribution in [2.24, 2.45) is 11.8 Å². The lowest BCUT2D eigenvalue weighted by molar-refractivity contribution is -0.0287. The molecule has 2 heterocycles. The summed E-state index contributed by atoms with van der Waals surface area (Å²) in [5, 5.41) is 3.74. The van der Waals surface area contributed by atoms with Gasteiger partial charge in [0.2, 0.25) is 0 Å². The SMILES string of the molecule is ClC1CCC(C(CN2CCNC2)OCC2CCSC2Cl)C(Cl)C1. The van der Waals surface area contributed by atoms with E-state index < -0.39 is 0 Å². The highest BCUT2D eigenvalue weighted by molar-refractivity contribution is 8.01. The Morgan fingerprint density at radius 1 is 1.22 bits per heavy atom. The Morgan fingerprint density at radius 3 is 2.74 bits per heavy atom. The van der Waals surface area contributed by atoms with E-state index in [-0.39, 0.29) is 21.6 Å². The lowest BCUT2D eigenvalue weighted by Crippen LogP contribution is -2.44. The van der Waals surface area contributed by atoms with Crippen LogP contribution in [-0.2, 0) is 4.74 Å². The van der Waals surface area contributed by atoms with Gasteiger partial charge in [0, 0.05) is 48.9 Å². The van der Waals surface area contributed by atoms with Gasteiger partial charge < -0.3 is 10.1 Å². The molecule has 1 saturated carbocycles. The minimum absolute atomic E-state index is 0.122. The van der Waals surface area contributed by atoms with E-state index in [4.69, 9.17) is 39.5 Å². The molecule has 3 nitrogen and oxygen atoms in total. The van der Waals surface area contributed by atoms with Crippen molar-refractivity contribution >= 4 is 46.6 Å². The Kier molecular flexibility index (Phi) is 7.52. The van der Waals surface area contributed by atoms with Crippen molar-refractivity contribution in [1.82, 2.24) is 10.2 Å². The number of nitrogens with one attached hydrogen (secondary N) is 1. The Bertz CT molecular complexity index is 373. The second-order valence-electron chi connectivity index (χ2n) is 6.97. The van der Waals surface area contributed by atoms with Gasteiger partial charge in [0.1, 0.15) is 0 Å². The first kappa shape index (κ1) is 18.9. The first-order valence-electron chi connectivity index (χ1n) is 8.72. The lowest BCUT2D eigenvalue weighted by Gasteiger charge is -2.37. The zero-order chi connectivity index (χ0) is 16.2. The highest BCUT2D eigenvalue weighted by atomic mass is 35.5. The maximum atomic E-state index is 6.65. The summed E-state index contributed by atoms with van der Waals surface area (Å²) in [5.74, 6) is 2.02. The summed E-state index contributed by atoms with van der Waals surface area (Å²) >= 11 is 21.2. The van der Waals surface area contributed by atoms with Crippen LogP contribution in [0.3, 0.4) is 0 Å². The zero-order valence-corrected chi connectivity index (χ0v) is 16.5. The van der Waals surface area contributed by atoms with E-state index in [9.17, 15) is 0 Å². The van der Waals surface area contributed by atoms with Crippen molar-refractivity contribution in [1.29, 1.82) is 0 Å². The van der Waals surface area contributed by atoms with E-state index in [0.29, 0.717) is 11.8 Å². The van der Waals surface area contributed by atoms with E-state index in [1.54, 1.807) is 0 Å².